The number of thiazole rings is 1. The predicted octanol–water partition coefficient (Wildman–Crippen LogP) is 3.35. The number of aromatic nitrogens is 1. The van der Waals surface area contributed by atoms with E-state index in [0.29, 0.717) is 6.54 Å². The Balaban J connectivity index is 1.68. The van der Waals surface area contributed by atoms with Crippen molar-refractivity contribution in [2.24, 2.45) is 16.8 Å². The number of fused-ring (bicyclic) bond motifs is 1. The third-order valence-electron chi connectivity index (χ3n) is 5.05. The smallest absolute Gasteiger partial charge is 0.194 e. The van der Waals surface area contributed by atoms with Crippen molar-refractivity contribution in [3.63, 3.8) is 0 Å². The van der Waals surface area contributed by atoms with Crippen LogP contribution in [-0.4, -0.2) is 35.5 Å². The van der Waals surface area contributed by atoms with Gasteiger partial charge in [-0.1, -0.05) is 12.8 Å². The topological polar surface area (TPSA) is 40.5 Å². The van der Waals surface area contributed by atoms with E-state index in [1.807, 2.05) is 0 Å². The molecule has 122 valence electrons. The van der Waals surface area contributed by atoms with Crippen molar-refractivity contribution in [2.75, 3.05) is 19.6 Å². The summed E-state index contributed by atoms with van der Waals surface area (Å²) in [7, 11) is 0. The Bertz CT molecular complexity index is 503. The average molecular weight is 321 g/mol. The maximum atomic E-state index is 4.86. The summed E-state index contributed by atoms with van der Waals surface area (Å²) in [5.74, 6) is 2.87. The van der Waals surface area contributed by atoms with Crippen molar-refractivity contribution in [3.05, 3.63) is 15.6 Å². The van der Waals surface area contributed by atoms with Crippen LogP contribution in [0.2, 0.25) is 0 Å². The number of guanidine groups is 1. The molecule has 1 aromatic rings. The molecule has 0 aromatic carbocycles. The molecule has 0 spiro atoms. The summed E-state index contributed by atoms with van der Waals surface area (Å²) in [5, 5.41) is 4.61. The van der Waals surface area contributed by atoms with Gasteiger partial charge in [0, 0.05) is 24.5 Å². The molecule has 0 unspecified atom stereocenters. The van der Waals surface area contributed by atoms with Gasteiger partial charge >= 0.3 is 0 Å². The Morgan fingerprint density at radius 3 is 2.50 bits per heavy atom. The second kappa shape index (κ2) is 6.99. The van der Waals surface area contributed by atoms with E-state index in [0.717, 1.165) is 35.0 Å². The van der Waals surface area contributed by atoms with Crippen molar-refractivity contribution in [1.82, 2.24) is 15.2 Å². The number of aryl methyl sites for hydroxylation is 2. The first kappa shape index (κ1) is 15.8. The van der Waals surface area contributed by atoms with Crippen LogP contribution in [0.5, 0.6) is 0 Å². The van der Waals surface area contributed by atoms with Gasteiger partial charge in [0.1, 0.15) is 5.01 Å². The van der Waals surface area contributed by atoms with Gasteiger partial charge in [-0.2, -0.15) is 0 Å². The first-order valence-corrected chi connectivity index (χ1v) is 9.45. The zero-order valence-corrected chi connectivity index (χ0v) is 14.9. The van der Waals surface area contributed by atoms with Crippen LogP contribution in [-0.2, 0) is 6.54 Å². The highest BCUT2D eigenvalue weighted by Crippen LogP contribution is 2.36. The second-order valence-electron chi connectivity index (χ2n) is 6.63. The molecule has 4 nitrogen and oxygen atoms in total. The molecule has 1 aliphatic heterocycles. The summed E-state index contributed by atoms with van der Waals surface area (Å²) in [4.78, 5) is 13.3. The zero-order chi connectivity index (χ0) is 15.5. The van der Waals surface area contributed by atoms with Crippen LogP contribution in [0.25, 0.3) is 0 Å². The fourth-order valence-electron chi connectivity index (χ4n) is 3.75. The second-order valence-corrected chi connectivity index (χ2v) is 7.92. The van der Waals surface area contributed by atoms with E-state index in [4.69, 9.17) is 4.99 Å². The molecular weight excluding hydrogens is 292 g/mol. The molecule has 0 radical (unpaired) electrons. The van der Waals surface area contributed by atoms with Gasteiger partial charge in [-0.25, -0.2) is 9.98 Å². The molecule has 1 aromatic heterocycles. The molecule has 2 aliphatic rings. The average Bonchev–Trinajstić information content (AvgIpc) is 3.07. The molecule has 2 fully saturated rings. The molecule has 1 aliphatic carbocycles. The van der Waals surface area contributed by atoms with Crippen LogP contribution in [0.3, 0.4) is 0 Å². The van der Waals surface area contributed by atoms with Gasteiger partial charge < -0.3 is 10.2 Å². The highest BCUT2D eigenvalue weighted by atomic mass is 32.1. The minimum absolute atomic E-state index is 0.702. The molecule has 22 heavy (non-hydrogen) atoms. The normalized spacial score (nSPS) is 25.4. The summed E-state index contributed by atoms with van der Waals surface area (Å²) < 4.78 is 0. The lowest BCUT2D eigenvalue weighted by Gasteiger charge is -2.22. The molecule has 0 bridgehead atoms. The number of nitrogens with one attached hydrogen (secondary N) is 1. The molecule has 1 saturated heterocycles. The predicted molar refractivity (Wildman–Crippen MR) is 93.4 cm³/mol. The summed E-state index contributed by atoms with van der Waals surface area (Å²) in [6.45, 7) is 10.4. The zero-order valence-electron chi connectivity index (χ0n) is 14.1. The lowest BCUT2D eigenvalue weighted by Crippen LogP contribution is -2.40. The van der Waals surface area contributed by atoms with Gasteiger partial charge in [0.2, 0.25) is 0 Å². The van der Waals surface area contributed by atoms with Gasteiger partial charge in [-0.3, -0.25) is 0 Å². The third kappa shape index (κ3) is 3.45. The molecule has 2 atom stereocenters. The Labute approximate surface area is 138 Å². The number of hydrogen-bond donors (Lipinski definition) is 1. The number of aliphatic imine (C=N–C) groups is 1. The van der Waals surface area contributed by atoms with Gasteiger partial charge in [0.25, 0.3) is 0 Å². The Hall–Kier alpha value is -1.10. The van der Waals surface area contributed by atoms with Gasteiger partial charge in [-0.15, -0.1) is 11.3 Å². The first-order chi connectivity index (χ1) is 10.7. The Kier molecular flexibility index (Phi) is 5.01. The highest BCUT2D eigenvalue weighted by Gasteiger charge is 2.35. The van der Waals surface area contributed by atoms with Crippen molar-refractivity contribution < 1.29 is 0 Å². The quantitative estimate of drug-likeness (QED) is 0.686. The van der Waals surface area contributed by atoms with Gasteiger partial charge in [0.05, 0.1) is 12.2 Å². The molecular formula is C17H28N4S. The van der Waals surface area contributed by atoms with E-state index in [1.165, 1.54) is 43.6 Å². The summed E-state index contributed by atoms with van der Waals surface area (Å²) in [5.41, 5.74) is 1.15. The standard InChI is InChI=1S/C17H28N4S/c1-4-18-17(19-9-16-20-12(2)13(3)22-16)21-10-14-7-5-6-8-15(14)11-21/h14-15H,4-11H2,1-3H3,(H,18,19)/t14-,15-/m0/s1. The summed E-state index contributed by atoms with van der Waals surface area (Å²) in [6, 6.07) is 0. The van der Waals surface area contributed by atoms with Crippen molar-refractivity contribution >= 4 is 17.3 Å². The first-order valence-electron chi connectivity index (χ1n) is 8.63. The molecule has 3 rings (SSSR count). The van der Waals surface area contributed by atoms with Crippen LogP contribution in [0, 0.1) is 25.7 Å². The Morgan fingerprint density at radius 2 is 1.95 bits per heavy atom. The molecule has 1 N–H and O–H groups in total. The lowest BCUT2D eigenvalue weighted by molar-refractivity contribution is 0.299. The maximum absolute atomic E-state index is 4.86. The number of likely N-dealkylation sites (tertiary alicyclic amines) is 1. The maximum Gasteiger partial charge on any atom is 0.194 e. The molecule has 0 amide bonds. The van der Waals surface area contributed by atoms with E-state index < -0.39 is 0 Å². The molecule has 1 saturated carbocycles. The van der Waals surface area contributed by atoms with Gasteiger partial charge in [0.15, 0.2) is 5.96 Å². The number of hydrogen-bond acceptors (Lipinski definition) is 3. The van der Waals surface area contributed by atoms with E-state index in [-0.39, 0.29) is 0 Å². The fourth-order valence-corrected chi connectivity index (χ4v) is 4.61. The van der Waals surface area contributed by atoms with Crippen molar-refractivity contribution in [2.45, 2.75) is 53.0 Å². The number of rotatable bonds is 3. The van der Waals surface area contributed by atoms with E-state index >= 15 is 0 Å². The summed E-state index contributed by atoms with van der Waals surface area (Å²) >= 11 is 1.77. The molecule has 2 heterocycles. The van der Waals surface area contributed by atoms with E-state index in [9.17, 15) is 0 Å². The third-order valence-corrected chi connectivity index (χ3v) is 6.11. The van der Waals surface area contributed by atoms with Crippen LogP contribution < -0.4 is 5.32 Å². The Morgan fingerprint density at radius 1 is 1.27 bits per heavy atom. The summed E-state index contributed by atoms with van der Waals surface area (Å²) in [6.07, 6.45) is 5.65. The van der Waals surface area contributed by atoms with Crippen LogP contribution >= 0.6 is 11.3 Å². The minimum Gasteiger partial charge on any atom is -0.357 e. The highest BCUT2D eigenvalue weighted by molar-refractivity contribution is 7.11. The van der Waals surface area contributed by atoms with Crippen molar-refractivity contribution in [3.8, 4) is 0 Å². The number of nitrogens with zero attached hydrogens (tertiary/aromatic N) is 3. The van der Waals surface area contributed by atoms with E-state index in [1.54, 1.807) is 11.3 Å². The van der Waals surface area contributed by atoms with E-state index in [2.05, 4.69) is 36.0 Å². The van der Waals surface area contributed by atoms with Crippen LogP contribution in [0.1, 0.15) is 48.2 Å². The SMILES string of the molecule is CCNC(=NCc1nc(C)c(C)s1)N1C[C@@H]2CCCC[C@H]2C1. The largest absolute Gasteiger partial charge is 0.357 e. The van der Waals surface area contributed by atoms with Crippen LogP contribution in [0.4, 0.5) is 0 Å². The monoisotopic (exact) mass is 320 g/mol. The van der Waals surface area contributed by atoms with Gasteiger partial charge in [-0.05, 0) is 45.4 Å². The minimum atomic E-state index is 0.702. The van der Waals surface area contributed by atoms with Crippen molar-refractivity contribution in [1.29, 1.82) is 0 Å². The fraction of sp³-hybridized carbons (Fsp3) is 0.765. The lowest BCUT2D eigenvalue weighted by atomic mass is 9.82. The van der Waals surface area contributed by atoms with Crippen LogP contribution in [0.15, 0.2) is 4.99 Å². The molecule has 5 heteroatoms.